The van der Waals surface area contributed by atoms with Crippen molar-refractivity contribution >= 4 is 39.4 Å². The maximum atomic E-state index is 14.4. The third-order valence-electron chi connectivity index (χ3n) is 6.20. The van der Waals surface area contributed by atoms with E-state index < -0.39 is 0 Å². The summed E-state index contributed by atoms with van der Waals surface area (Å²) < 4.78 is 20.3. The van der Waals surface area contributed by atoms with E-state index in [9.17, 15) is 4.39 Å². The van der Waals surface area contributed by atoms with Gasteiger partial charge in [0.1, 0.15) is 17.3 Å². The Labute approximate surface area is 182 Å². The lowest BCUT2D eigenvalue weighted by atomic mass is 9.96. The molecule has 6 rings (SSSR count). The summed E-state index contributed by atoms with van der Waals surface area (Å²) in [6.07, 6.45) is 3.12. The van der Waals surface area contributed by atoms with Crippen LogP contribution in [-0.4, -0.2) is 64.7 Å². The van der Waals surface area contributed by atoms with Crippen LogP contribution in [0.15, 0.2) is 24.5 Å². The predicted molar refractivity (Wildman–Crippen MR) is 120 cm³/mol. The first-order chi connectivity index (χ1) is 15.6. The third-order valence-corrected chi connectivity index (χ3v) is 6.20. The van der Waals surface area contributed by atoms with E-state index >= 15 is 0 Å². The number of hydrogen-bond acceptors (Lipinski definition) is 9. The van der Waals surface area contributed by atoms with E-state index in [-0.39, 0.29) is 11.8 Å². The Morgan fingerprint density at radius 3 is 2.62 bits per heavy atom. The summed E-state index contributed by atoms with van der Waals surface area (Å²) in [5.41, 5.74) is 2.02. The molecule has 2 unspecified atom stereocenters. The number of nitrogens with zero attached hydrogens (tertiary/aromatic N) is 5. The summed E-state index contributed by atoms with van der Waals surface area (Å²) in [7, 11) is 3.51. The SMILES string of the molecule is CNc1ncc(Oc2nc(N3CC4CNC4C3)c3c(n2)[nH]c2c(NC)cc(F)cc23)cn1. The van der Waals surface area contributed by atoms with Crippen LogP contribution >= 0.6 is 0 Å². The molecule has 10 nitrogen and oxygen atoms in total. The minimum Gasteiger partial charge on any atom is -0.421 e. The molecule has 2 aliphatic heterocycles. The first-order valence-electron chi connectivity index (χ1n) is 10.5. The standard InChI is InChI=1S/C21H22FN9O/c1-23-14-4-11(22)3-13-16-18(28-17(13)14)29-21(32-12-6-26-20(24-2)27-7-12)30-19(16)31-8-10-5-25-15(10)9-31/h3-4,6-7,10,15,23,25H,5,8-9H2,1-2H3,(H,24,26,27)(H,28,29,30). The van der Waals surface area contributed by atoms with Gasteiger partial charge in [0, 0.05) is 51.1 Å². The molecular weight excluding hydrogens is 413 g/mol. The van der Waals surface area contributed by atoms with Gasteiger partial charge in [0.05, 0.1) is 29.0 Å². The monoisotopic (exact) mass is 435 g/mol. The van der Waals surface area contributed by atoms with E-state index in [1.807, 2.05) is 0 Å². The van der Waals surface area contributed by atoms with Crippen molar-refractivity contribution in [3.63, 3.8) is 0 Å². The molecule has 0 spiro atoms. The molecule has 1 aromatic carbocycles. The summed E-state index contributed by atoms with van der Waals surface area (Å²) in [4.78, 5) is 23.2. The molecule has 3 aromatic heterocycles. The third kappa shape index (κ3) is 2.96. The van der Waals surface area contributed by atoms with Crippen molar-refractivity contribution in [1.29, 1.82) is 0 Å². The van der Waals surface area contributed by atoms with E-state index in [1.165, 1.54) is 12.1 Å². The fourth-order valence-corrected chi connectivity index (χ4v) is 4.52. The zero-order valence-electron chi connectivity index (χ0n) is 17.6. The van der Waals surface area contributed by atoms with Gasteiger partial charge in [0.25, 0.3) is 0 Å². The number of halogens is 1. The van der Waals surface area contributed by atoms with Crippen molar-refractivity contribution in [3.05, 3.63) is 30.3 Å². The quantitative estimate of drug-likeness (QED) is 0.375. The number of ether oxygens (including phenoxy) is 1. The highest BCUT2D eigenvalue weighted by Gasteiger charge is 2.40. The van der Waals surface area contributed by atoms with Gasteiger partial charge in [0.2, 0.25) is 5.95 Å². The predicted octanol–water partition coefficient (Wildman–Crippen LogP) is 2.32. The highest BCUT2D eigenvalue weighted by atomic mass is 19.1. The minimum absolute atomic E-state index is 0.179. The molecule has 164 valence electrons. The van der Waals surface area contributed by atoms with Gasteiger partial charge < -0.3 is 30.6 Å². The molecule has 2 atom stereocenters. The van der Waals surface area contributed by atoms with Gasteiger partial charge >= 0.3 is 6.01 Å². The second-order valence-electron chi connectivity index (χ2n) is 8.08. The first kappa shape index (κ1) is 19.0. The van der Waals surface area contributed by atoms with Gasteiger partial charge in [0.15, 0.2) is 5.75 Å². The van der Waals surface area contributed by atoms with Crippen LogP contribution in [-0.2, 0) is 0 Å². The lowest BCUT2D eigenvalue weighted by Crippen LogP contribution is -2.51. The number of benzene rings is 1. The van der Waals surface area contributed by atoms with Gasteiger partial charge in [-0.3, -0.25) is 0 Å². The summed E-state index contributed by atoms with van der Waals surface area (Å²) in [5.74, 6) is 1.91. The number of anilines is 3. The van der Waals surface area contributed by atoms with Gasteiger partial charge in [-0.2, -0.15) is 9.97 Å². The zero-order chi connectivity index (χ0) is 21.8. The highest BCUT2D eigenvalue weighted by molar-refractivity contribution is 6.14. The van der Waals surface area contributed by atoms with Crippen LogP contribution in [0.1, 0.15) is 0 Å². The maximum absolute atomic E-state index is 14.4. The van der Waals surface area contributed by atoms with Crippen LogP contribution < -0.4 is 25.6 Å². The molecule has 5 heterocycles. The molecule has 0 saturated carbocycles. The average Bonchev–Trinajstić information content (AvgIpc) is 3.30. The number of nitrogens with one attached hydrogen (secondary N) is 4. The number of aromatic nitrogens is 5. The Bertz CT molecular complexity index is 1310. The summed E-state index contributed by atoms with van der Waals surface area (Å²) in [5, 5.41) is 10.9. The summed E-state index contributed by atoms with van der Waals surface area (Å²) in [6.45, 7) is 2.71. The zero-order valence-corrected chi connectivity index (χ0v) is 17.6. The Morgan fingerprint density at radius 1 is 1.12 bits per heavy atom. The van der Waals surface area contributed by atoms with Crippen LogP contribution in [0.25, 0.3) is 21.9 Å². The molecule has 0 aliphatic carbocycles. The number of aromatic amines is 1. The summed E-state index contributed by atoms with van der Waals surface area (Å²) in [6, 6.07) is 3.61. The van der Waals surface area contributed by atoms with E-state index in [1.54, 1.807) is 26.5 Å². The highest BCUT2D eigenvalue weighted by Crippen LogP contribution is 2.39. The van der Waals surface area contributed by atoms with E-state index in [0.29, 0.717) is 35.0 Å². The van der Waals surface area contributed by atoms with E-state index in [0.717, 1.165) is 41.7 Å². The number of hydrogen-bond donors (Lipinski definition) is 4. The lowest BCUT2D eigenvalue weighted by molar-refractivity contribution is 0.297. The molecule has 0 amide bonds. The van der Waals surface area contributed by atoms with Gasteiger partial charge in [-0.25, -0.2) is 14.4 Å². The normalized spacial score (nSPS) is 19.8. The van der Waals surface area contributed by atoms with Crippen LogP contribution in [0.5, 0.6) is 11.8 Å². The fraction of sp³-hybridized carbons (Fsp3) is 0.333. The van der Waals surface area contributed by atoms with Crippen molar-refractivity contribution in [2.24, 2.45) is 5.92 Å². The molecule has 4 N–H and O–H groups in total. The minimum atomic E-state index is -0.320. The van der Waals surface area contributed by atoms with Gasteiger partial charge in [-0.1, -0.05) is 0 Å². The molecule has 32 heavy (non-hydrogen) atoms. The van der Waals surface area contributed by atoms with Crippen molar-refractivity contribution < 1.29 is 9.13 Å². The molecular formula is C21H22FN9O. The second kappa shape index (κ2) is 7.16. The van der Waals surface area contributed by atoms with Crippen LogP contribution in [0.4, 0.5) is 21.8 Å². The molecule has 2 aliphatic rings. The Hall–Kier alpha value is -3.73. The molecule has 0 radical (unpaired) electrons. The first-order valence-corrected chi connectivity index (χ1v) is 10.5. The molecule has 4 aromatic rings. The van der Waals surface area contributed by atoms with Crippen molar-refractivity contribution in [2.45, 2.75) is 6.04 Å². The fourth-order valence-electron chi connectivity index (χ4n) is 4.52. The van der Waals surface area contributed by atoms with Crippen LogP contribution in [0.2, 0.25) is 0 Å². The Morgan fingerprint density at radius 2 is 1.97 bits per heavy atom. The Balaban J connectivity index is 1.51. The topological polar surface area (TPSA) is 116 Å². The smallest absolute Gasteiger partial charge is 0.326 e. The number of H-pyrrole nitrogens is 1. The lowest BCUT2D eigenvalue weighted by Gasteiger charge is -2.29. The van der Waals surface area contributed by atoms with Gasteiger partial charge in [-0.05, 0) is 12.1 Å². The van der Waals surface area contributed by atoms with E-state index in [4.69, 9.17) is 9.72 Å². The number of rotatable bonds is 5. The molecule has 2 saturated heterocycles. The van der Waals surface area contributed by atoms with Crippen molar-refractivity contribution in [1.82, 2.24) is 30.2 Å². The maximum Gasteiger partial charge on any atom is 0.326 e. The summed E-state index contributed by atoms with van der Waals surface area (Å²) >= 11 is 0. The van der Waals surface area contributed by atoms with Crippen LogP contribution in [0.3, 0.4) is 0 Å². The molecule has 2 fully saturated rings. The van der Waals surface area contributed by atoms with Crippen molar-refractivity contribution in [2.75, 3.05) is 49.3 Å². The molecule has 11 heteroatoms. The van der Waals surface area contributed by atoms with Crippen LogP contribution in [0, 0.1) is 11.7 Å². The number of fused-ring (bicyclic) bond motifs is 4. The second-order valence-corrected chi connectivity index (χ2v) is 8.08. The van der Waals surface area contributed by atoms with Gasteiger partial charge in [-0.15, -0.1) is 0 Å². The van der Waals surface area contributed by atoms with E-state index in [2.05, 4.69) is 40.8 Å². The van der Waals surface area contributed by atoms with Crippen molar-refractivity contribution in [3.8, 4) is 11.8 Å². The Kier molecular flexibility index (Phi) is 4.25. The average molecular weight is 435 g/mol. The largest absolute Gasteiger partial charge is 0.421 e. The molecule has 0 bridgehead atoms.